The Morgan fingerprint density at radius 3 is 3.00 bits per heavy atom. The number of benzene rings is 1. The molecule has 0 saturated heterocycles. The van der Waals surface area contributed by atoms with E-state index in [2.05, 4.69) is 4.98 Å². The van der Waals surface area contributed by atoms with Crippen molar-refractivity contribution in [2.45, 2.75) is 12.8 Å². The number of methoxy groups -OCH3 is 1. The predicted molar refractivity (Wildman–Crippen MR) is 62.7 cm³/mol. The summed E-state index contributed by atoms with van der Waals surface area (Å²) in [5.41, 5.74) is 2.07. The van der Waals surface area contributed by atoms with Gasteiger partial charge in [0.05, 0.1) is 12.6 Å². The van der Waals surface area contributed by atoms with E-state index >= 15 is 0 Å². The zero-order valence-corrected chi connectivity index (χ0v) is 9.14. The van der Waals surface area contributed by atoms with Crippen LogP contribution in [0.4, 0.5) is 0 Å². The molecule has 0 spiro atoms. The number of aromatic nitrogens is 1. The van der Waals surface area contributed by atoms with Crippen LogP contribution in [-0.2, 0) is 11.2 Å². The third-order valence-electron chi connectivity index (χ3n) is 2.57. The van der Waals surface area contributed by atoms with Gasteiger partial charge in [-0.2, -0.15) is 0 Å². The SMILES string of the molecule is COc1ccc2nccc(CCC=O)c2c1. The number of nitrogens with zero attached hydrogens (tertiary/aromatic N) is 1. The molecule has 1 aromatic heterocycles. The highest BCUT2D eigenvalue weighted by molar-refractivity contribution is 5.83. The summed E-state index contributed by atoms with van der Waals surface area (Å²) in [5, 5.41) is 1.06. The summed E-state index contributed by atoms with van der Waals surface area (Å²) in [6, 6.07) is 7.73. The minimum absolute atomic E-state index is 0.538. The molecule has 0 radical (unpaired) electrons. The van der Waals surface area contributed by atoms with E-state index < -0.39 is 0 Å². The predicted octanol–water partition coefficient (Wildman–Crippen LogP) is 2.37. The van der Waals surface area contributed by atoms with Crippen molar-refractivity contribution in [3.05, 3.63) is 36.0 Å². The molecular weight excluding hydrogens is 202 g/mol. The summed E-state index contributed by atoms with van der Waals surface area (Å²) >= 11 is 0. The van der Waals surface area contributed by atoms with Gasteiger partial charge in [-0.05, 0) is 36.2 Å². The Kier molecular flexibility index (Phi) is 3.15. The summed E-state index contributed by atoms with van der Waals surface area (Å²) in [4.78, 5) is 14.7. The number of hydrogen-bond acceptors (Lipinski definition) is 3. The quantitative estimate of drug-likeness (QED) is 0.735. The Morgan fingerprint density at radius 1 is 1.38 bits per heavy atom. The number of carbonyl (C=O) groups excluding carboxylic acids is 1. The first-order valence-electron chi connectivity index (χ1n) is 5.20. The van der Waals surface area contributed by atoms with Crippen LogP contribution in [0.3, 0.4) is 0 Å². The number of hydrogen-bond donors (Lipinski definition) is 0. The van der Waals surface area contributed by atoms with Crippen LogP contribution in [-0.4, -0.2) is 18.4 Å². The highest BCUT2D eigenvalue weighted by Crippen LogP contribution is 2.23. The van der Waals surface area contributed by atoms with Crippen LogP contribution in [0.15, 0.2) is 30.5 Å². The molecule has 0 amide bonds. The van der Waals surface area contributed by atoms with Crippen molar-refractivity contribution in [1.29, 1.82) is 0 Å². The van der Waals surface area contributed by atoms with E-state index in [1.807, 2.05) is 24.3 Å². The van der Waals surface area contributed by atoms with Crippen LogP contribution in [0.1, 0.15) is 12.0 Å². The van der Waals surface area contributed by atoms with Gasteiger partial charge in [0.25, 0.3) is 0 Å². The second-order valence-electron chi connectivity index (χ2n) is 3.56. The van der Waals surface area contributed by atoms with Gasteiger partial charge < -0.3 is 9.53 Å². The Bertz CT molecular complexity index is 508. The van der Waals surface area contributed by atoms with Crippen molar-refractivity contribution in [1.82, 2.24) is 4.98 Å². The molecule has 0 aliphatic heterocycles. The average Bonchev–Trinajstić information content (AvgIpc) is 2.35. The van der Waals surface area contributed by atoms with Crippen molar-refractivity contribution in [2.24, 2.45) is 0 Å². The van der Waals surface area contributed by atoms with Gasteiger partial charge >= 0.3 is 0 Å². The molecule has 82 valence electrons. The van der Waals surface area contributed by atoms with Crippen molar-refractivity contribution in [2.75, 3.05) is 7.11 Å². The topological polar surface area (TPSA) is 39.2 Å². The summed E-state index contributed by atoms with van der Waals surface area (Å²) < 4.78 is 5.18. The van der Waals surface area contributed by atoms with Crippen LogP contribution in [0, 0.1) is 0 Å². The minimum Gasteiger partial charge on any atom is -0.497 e. The molecule has 3 nitrogen and oxygen atoms in total. The third kappa shape index (κ3) is 2.03. The maximum Gasteiger partial charge on any atom is 0.120 e. The van der Waals surface area contributed by atoms with Gasteiger partial charge in [0.2, 0.25) is 0 Å². The zero-order chi connectivity index (χ0) is 11.4. The maximum absolute atomic E-state index is 10.4. The van der Waals surface area contributed by atoms with E-state index in [9.17, 15) is 4.79 Å². The lowest BCUT2D eigenvalue weighted by Crippen LogP contribution is -1.91. The number of rotatable bonds is 4. The minimum atomic E-state index is 0.538. The summed E-state index contributed by atoms with van der Waals surface area (Å²) in [6.45, 7) is 0. The van der Waals surface area contributed by atoms with Gasteiger partial charge in [0.15, 0.2) is 0 Å². The van der Waals surface area contributed by atoms with Crippen molar-refractivity contribution in [3.8, 4) is 5.75 Å². The molecule has 1 heterocycles. The number of aryl methyl sites for hydroxylation is 1. The highest BCUT2D eigenvalue weighted by atomic mass is 16.5. The summed E-state index contributed by atoms with van der Waals surface area (Å²) in [5.74, 6) is 0.813. The second kappa shape index (κ2) is 4.75. The molecule has 1 aromatic carbocycles. The number of fused-ring (bicyclic) bond motifs is 1. The van der Waals surface area contributed by atoms with Gasteiger partial charge in [-0.1, -0.05) is 0 Å². The molecule has 0 saturated carbocycles. The molecule has 2 rings (SSSR count). The molecule has 3 heteroatoms. The Morgan fingerprint density at radius 2 is 2.25 bits per heavy atom. The molecule has 0 aliphatic rings. The zero-order valence-electron chi connectivity index (χ0n) is 9.14. The van der Waals surface area contributed by atoms with Gasteiger partial charge in [0.1, 0.15) is 12.0 Å². The van der Waals surface area contributed by atoms with E-state index in [1.54, 1.807) is 13.3 Å². The fourth-order valence-electron chi connectivity index (χ4n) is 1.74. The smallest absolute Gasteiger partial charge is 0.120 e. The van der Waals surface area contributed by atoms with Crippen molar-refractivity contribution in [3.63, 3.8) is 0 Å². The van der Waals surface area contributed by atoms with Crippen LogP contribution in [0.2, 0.25) is 0 Å². The average molecular weight is 215 g/mol. The van der Waals surface area contributed by atoms with E-state index in [1.165, 1.54) is 0 Å². The van der Waals surface area contributed by atoms with Crippen LogP contribution in [0.5, 0.6) is 5.75 Å². The second-order valence-corrected chi connectivity index (χ2v) is 3.56. The van der Waals surface area contributed by atoms with Crippen LogP contribution >= 0.6 is 0 Å². The molecule has 2 aromatic rings. The fourth-order valence-corrected chi connectivity index (χ4v) is 1.74. The van der Waals surface area contributed by atoms with E-state index in [4.69, 9.17) is 4.74 Å². The molecule has 0 atom stereocenters. The van der Waals surface area contributed by atoms with E-state index in [0.29, 0.717) is 6.42 Å². The third-order valence-corrected chi connectivity index (χ3v) is 2.57. The largest absolute Gasteiger partial charge is 0.497 e. The van der Waals surface area contributed by atoms with E-state index in [-0.39, 0.29) is 0 Å². The van der Waals surface area contributed by atoms with Gasteiger partial charge in [-0.15, -0.1) is 0 Å². The normalized spacial score (nSPS) is 10.3. The standard InChI is InChI=1S/C13H13NO2/c1-16-11-4-5-13-12(9-11)10(3-2-8-15)6-7-14-13/h4-9H,2-3H2,1H3. The van der Waals surface area contributed by atoms with Gasteiger partial charge in [0, 0.05) is 18.0 Å². The lowest BCUT2D eigenvalue weighted by Gasteiger charge is -2.06. The van der Waals surface area contributed by atoms with Crippen LogP contribution < -0.4 is 4.74 Å². The molecule has 0 N–H and O–H groups in total. The monoisotopic (exact) mass is 215 g/mol. The lowest BCUT2D eigenvalue weighted by molar-refractivity contribution is -0.107. The molecule has 0 aliphatic carbocycles. The lowest BCUT2D eigenvalue weighted by atomic mass is 10.0. The Hall–Kier alpha value is -1.90. The highest BCUT2D eigenvalue weighted by Gasteiger charge is 2.03. The molecular formula is C13H13NO2. The Labute approximate surface area is 94.1 Å². The first-order valence-corrected chi connectivity index (χ1v) is 5.20. The van der Waals surface area contributed by atoms with Crippen molar-refractivity contribution < 1.29 is 9.53 Å². The first kappa shape index (κ1) is 10.6. The first-order chi connectivity index (χ1) is 7.85. The van der Waals surface area contributed by atoms with Gasteiger partial charge in [-0.25, -0.2) is 0 Å². The molecule has 0 bridgehead atoms. The fraction of sp³-hybridized carbons (Fsp3) is 0.231. The maximum atomic E-state index is 10.4. The number of ether oxygens (including phenoxy) is 1. The number of pyridine rings is 1. The van der Waals surface area contributed by atoms with Gasteiger partial charge in [-0.3, -0.25) is 4.98 Å². The van der Waals surface area contributed by atoms with E-state index in [0.717, 1.165) is 34.9 Å². The van der Waals surface area contributed by atoms with Crippen molar-refractivity contribution >= 4 is 17.2 Å². The molecule has 0 fully saturated rings. The summed E-state index contributed by atoms with van der Waals surface area (Å²) in [7, 11) is 1.64. The number of carbonyl (C=O) groups is 1. The summed E-state index contributed by atoms with van der Waals surface area (Å²) in [6.07, 6.45) is 3.99. The molecule has 0 unspecified atom stereocenters. The number of aldehydes is 1. The Balaban J connectivity index is 2.50. The molecule has 16 heavy (non-hydrogen) atoms. The van der Waals surface area contributed by atoms with Crippen LogP contribution in [0.25, 0.3) is 10.9 Å².